The van der Waals surface area contributed by atoms with Gasteiger partial charge in [-0.25, -0.2) is 0 Å². The molecule has 0 aromatic rings. The van der Waals surface area contributed by atoms with Crippen LogP contribution in [0.4, 0.5) is 0 Å². The van der Waals surface area contributed by atoms with E-state index < -0.39 is 0 Å². The molecule has 4 saturated carbocycles. The number of rotatable bonds is 5. The maximum absolute atomic E-state index is 12.6. The van der Waals surface area contributed by atoms with Crippen LogP contribution in [0, 0.1) is 17.8 Å². The number of hydrogen-bond donors (Lipinski definition) is 2. The fraction of sp³-hybridized carbons (Fsp3) is 0.903. The predicted molar refractivity (Wildman–Crippen MR) is 156 cm³/mol. The molecule has 4 N–H and O–H groups in total. The molecule has 2 aliphatic heterocycles. The van der Waals surface area contributed by atoms with E-state index >= 15 is 0 Å². The van der Waals surface area contributed by atoms with Crippen molar-refractivity contribution in [2.75, 3.05) is 52.4 Å². The fourth-order valence-corrected chi connectivity index (χ4v) is 7.63. The summed E-state index contributed by atoms with van der Waals surface area (Å²) in [5.74, 6) is 0.886. The average molecular weight is 559 g/mol. The maximum atomic E-state index is 12.6. The molecule has 9 nitrogen and oxygen atoms in total. The summed E-state index contributed by atoms with van der Waals surface area (Å²) in [6.45, 7) is 7.89. The molecule has 6 aliphatic rings. The third-order valence-electron chi connectivity index (χ3n) is 11.0. The Balaban J connectivity index is 0.000000162. The van der Waals surface area contributed by atoms with Gasteiger partial charge >= 0.3 is 0 Å². The molecule has 0 atom stereocenters. The van der Waals surface area contributed by atoms with Crippen LogP contribution in [-0.4, -0.2) is 108 Å². The highest BCUT2D eigenvalue weighted by Gasteiger charge is 2.35. The lowest BCUT2D eigenvalue weighted by atomic mass is 9.81. The molecule has 0 aromatic carbocycles. The molecule has 2 heterocycles. The first-order valence-electron chi connectivity index (χ1n) is 16.5. The molecule has 0 bridgehead atoms. The number of piperazine rings is 2. The summed E-state index contributed by atoms with van der Waals surface area (Å²) in [6.07, 6.45) is 15.5. The van der Waals surface area contributed by atoms with Gasteiger partial charge in [-0.05, 0) is 77.0 Å². The van der Waals surface area contributed by atoms with E-state index in [1.54, 1.807) is 0 Å². The lowest BCUT2D eigenvalue weighted by Gasteiger charge is -2.43. The number of nitrogens with zero attached hydrogens (tertiary/aromatic N) is 4. The van der Waals surface area contributed by atoms with Crippen molar-refractivity contribution in [1.29, 1.82) is 0 Å². The highest BCUT2D eigenvalue weighted by atomic mass is 16.2. The van der Waals surface area contributed by atoms with Gasteiger partial charge in [0.25, 0.3) is 0 Å². The van der Waals surface area contributed by atoms with E-state index in [4.69, 9.17) is 11.5 Å². The molecule has 0 unspecified atom stereocenters. The van der Waals surface area contributed by atoms with Crippen molar-refractivity contribution in [2.24, 2.45) is 29.2 Å². The van der Waals surface area contributed by atoms with Gasteiger partial charge in [0, 0.05) is 88.2 Å². The van der Waals surface area contributed by atoms with Gasteiger partial charge in [-0.15, -0.1) is 0 Å². The van der Waals surface area contributed by atoms with Crippen LogP contribution in [0.3, 0.4) is 0 Å². The van der Waals surface area contributed by atoms with Gasteiger partial charge in [-0.2, -0.15) is 0 Å². The SMILES string of the molecule is NC(=O)[C@H]1CC[C@H](C(=O)N2CCN(C3CCC3)CC2)CC1.NC1CCC(C(=O)N2CCN(C3CCC3)CC2)CC1. The van der Waals surface area contributed by atoms with Gasteiger partial charge < -0.3 is 21.3 Å². The van der Waals surface area contributed by atoms with Crippen LogP contribution in [0.15, 0.2) is 0 Å². The summed E-state index contributed by atoms with van der Waals surface area (Å²) in [5, 5.41) is 0. The number of carbonyl (C=O) groups is 3. The summed E-state index contributed by atoms with van der Waals surface area (Å²) in [7, 11) is 0. The molecule has 6 rings (SSSR count). The number of primary amides is 1. The zero-order valence-electron chi connectivity index (χ0n) is 24.7. The molecule has 0 radical (unpaired) electrons. The molecule has 9 heteroatoms. The van der Waals surface area contributed by atoms with Gasteiger partial charge in [0.15, 0.2) is 0 Å². The van der Waals surface area contributed by atoms with Crippen LogP contribution in [0.25, 0.3) is 0 Å². The lowest BCUT2D eigenvalue weighted by Crippen LogP contribution is -2.54. The third-order valence-corrected chi connectivity index (χ3v) is 11.0. The van der Waals surface area contributed by atoms with Gasteiger partial charge in [-0.3, -0.25) is 24.2 Å². The highest BCUT2D eigenvalue weighted by Crippen LogP contribution is 2.31. The monoisotopic (exact) mass is 558 g/mol. The summed E-state index contributed by atoms with van der Waals surface area (Å²) in [4.78, 5) is 45.5. The molecular formula is C31H54N6O3. The Morgan fingerprint density at radius 3 is 1.15 bits per heavy atom. The molecule has 2 saturated heterocycles. The summed E-state index contributed by atoms with van der Waals surface area (Å²) in [5.41, 5.74) is 11.3. The van der Waals surface area contributed by atoms with Crippen molar-refractivity contribution in [3.8, 4) is 0 Å². The quantitative estimate of drug-likeness (QED) is 0.534. The largest absolute Gasteiger partial charge is 0.369 e. The Bertz CT molecular complexity index is 845. The second-order valence-electron chi connectivity index (χ2n) is 13.5. The first kappa shape index (κ1) is 29.8. The summed E-state index contributed by atoms with van der Waals surface area (Å²) >= 11 is 0. The minimum Gasteiger partial charge on any atom is -0.369 e. The molecule has 3 amide bonds. The van der Waals surface area contributed by atoms with Crippen LogP contribution in [0.1, 0.15) is 89.9 Å². The molecule has 40 heavy (non-hydrogen) atoms. The van der Waals surface area contributed by atoms with Crippen molar-refractivity contribution in [2.45, 2.75) is 108 Å². The van der Waals surface area contributed by atoms with Crippen molar-refractivity contribution >= 4 is 17.7 Å². The molecule has 4 aliphatic carbocycles. The van der Waals surface area contributed by atoms with E-state index in [2.05, 4.69) is 14.7 Å². The van der Waals surface area contributed by atoms with Crippen LogP contribution in [0.5, 0.6) is 0 Å². The van der Waals surface area contributed by atoms with Crippen molar-refractivity contribution in [3.63, 3.8) is 0 Å². The van der Waals surface area contributed by atoms with Gasteiger partial charge in [0.1, 0.15) is 0 Å². The van der Waals surface area contributed by atoms with E-state index in [9.17, 15) is 14.4 Å². The second kappa shape index (κ2) is 14.0. The zero-order chi connectivity index (χ0) is 28.1. The number of carbonyl (C=O) groups excluding carboxylic acids is 3. The minimum atomic E-state index is -0.199. The standard InChI is InChI=1S/C16H27N3O2.C15H27N3O/c17-15(20)12-4-6-13(7-5-12)16(21)19-10-8-18(9-11-19)14-2-1-3-14;16-13-6-4-12(5-7-13)15(19)18-10-8-17(9-11-18)14-2-1-3-14/h12-14H,1-11H2,(H2,17,20);12-14H,1-11,16H2/t12-,13-;. The second-order valence-corrected chi connectivity index (χ2v) is 13.5. The molecule has 6 fully saturated rings. The Hall–Kier alpha value is -1.71. The minimum absolute atomic E-state index is 0.00971. The Kier molecular flexibility index (Phi) is 10.4. The van der Waals surface area contributed by atoms with E-state index in [1.165, 1.54) is 38.5 Å². The molecule has 0 spiro atoms. The summed E-state index contributed by atoms with van der Waals surface area (Å²) < 4.78 is 0. The van der Waals surface area contributed by atoms with Crippen molar-refractivity contribution in [3.05, 3.63) is 0 Å². The van der Waals surface area contributed by atoms with E-state index in [0.717, 1.165) is 116 Å². The predicted octanol–water partition coefficient (Wildman–Crippen LogP) is 2.18. The molecular weight excluding hydrogens is 504 g/mol. The van der Waals surface area contributed by atoms with Crippen LogP contribution >= 0.6 is 0 Å². The lowest BCUT2D eigenvalue weighted by molar-refractivity contribution is -0.140. The Labute approximate surface area is 241 Å². The Morgan fingerprint density at radius 1 is 0.475 bits per heavy atom. The highest BCUT2D eigenvalue weighted by molar-refractivity contribution is 5.80. The van der Waals surface area contributed by atoms with E-state index in [1.807, 2.05) is 4.90 Å². The number of hydrogen-bond acceptors (Lipinski definition) is 6. The first-order chi connectivity index (χ1) is 19.4. The number of amides is 3. The van der Waals surface area contributed by atoms with Crippen LogP contribution in [0.2, 0.25) is 0 Å². The van der Waals surface area contributed by atoms with Crippen LogP contribution in [-0.2, 0) is 14.4 Å². The maximum Gasteiger partial charge on any atom is 0.225 e. The fourth-order valence-electron chi connectivity index (χ4n) is 7.63. The van der Waals surface area contributed by atoms with Gasteiger partial charge in [0.05, 0.1) is 0 Å². The van der Waals surface area contributed by atoms with Crippen LogP contribution < -0.4 is 11.5 Å². The van der Waals surface area contributed by atoms with E-state index in [0.29, 0.717) is 17.9 Å². The van der Waals surface area contributed by atoms with Gasteiger partial charge in [-0.1, -0.05) is 12.8 Å². The zero-order valence-corrected chi connectivity index (χ0v) is 24.7. The van der Waals surface area contributed by atoms with E-state index in [-0.39, 0.29) is 23.7 Å². The molecule has 0 aromatic heterocycles. The third kappa shape index (κ3) is 7.37. The topological polar surface area (TPSA) is 116 Å². The first-order valence-corrected chi connectivity index (χ1v) is 16.5. The Morgan fingerprint density at radius 2 is 0.825 bits per heavy atom. The average Bonchev–Trinajstić information content (AvgIpc) is 2.92. The number of nitrogens with two attached hydrogens (primary N) is 2. The normalized spacial score (nSPS) is 32.8. The van der Waals surface area contributed by atoms with Crippen molar-refractivity contribution in [1.82, 2.24) is 19.6 Å². The molecule has 226 valence electrons. The smallest absolute Gasteiger partial charge is 0.225 e. The van der Waals surface area contributed by atoms with Gasteiger partial charge in [0.2, 0.25) is 17.7 Å². The summed E-state index contributed by atoms with van der Waals surface area (Å²) in [6, 6.07) is 1.94. The van der Waals surface area contributed by atoms with Crippen molar-refractivity contribution < 1.29 is 14.4 Å².